The molecule has 2 amide bonds. The van der Waals surface area contributed by atoms with Gasteiger partial charge in [-0.15, -0.1) is 11.3 Å². The lowest BCUT2D eigenvalue weighted by atomic mass is 10.1. The van der Waals surface area contributed by atoms with Gasteiger partial charge in [0.05, 0.1) is 5.69 Å². The van der Waals surface area contributed by atoms with E-state index in [1.807, 2.05) is 13.8 Å². The van der Waals surface area contributed by atoms with Crippen molar-refractivity contribution in [3.63, 3.8) is 0 Å². The molecule has 1 atom stereocenters. The molecule has 92 valence electrons. The first-order valence-corrected chi connectivity index (χ1v) is 6.31. The van der Waals surface area contributed by atoms with E-state index in [0.717, 1.165) is 15.7 Å². The first-order valence-electron chi connectivity index (χ1n) is 5.50. The zero-order valence-corrected chi connectivity index (χ0v) is 10.9. The lowest BCUT2D eigenvalue weighted by molar-refractivity contribution is -0.146. The molecule has 0 aliphatic carbocycles. The third kappa shape index (κ3) is 2.31. The van der Waals surface area contributed by atoms with E-state index in [1.165, 1.54) is 23.3 Å². The second-order valence-electron chi connectivity index (χ2n) is 4.19. The van der Waals surface area contributed by atoms with Gasteiger partial charge in [0.2, 0.25) is 5.91 Å². The minimum absolute atomic E-state index is 0.112. The van der Waals surface area contributed by atoms with E-state index in [2.05, 4.69) is 10.3 Å². The number of amides is 2. The van der Waals surface area contributed by atoms with E-state index in [-0.39, 0.29) is 17.9 Å². The molecular weight excluding hydrogens is 238 g/mol. The smallest absolute Gasteiger partial charge is 0.251 e. The number of nitrogens with one attached hydrogen (secondary N) is 1. The number of aryl methyl sites for hydroxylation is 2. The van der Waals surface area contributed by atoms with Gasteiger partial charge in [-0.1, -0.05) is 0 Å². The SMILES string of the molecule is Cc1nc(NC2CCC(=O)N(C)C2=O)sc1C. The van der Waals surface area contributed by atoms with Crippen molar-refractivity contribution in [1.29, 1.82) is 0 Å². The van der Waals surface area contributed by atoms with E-state index in [0.29, 0.717) is 12.8 Å². The van der Waals surface area contributed by atoms with Gasteiger partial charge in [-0.05, 0) is 20.3 Å². The maximum absolute atomic E-state index is 11.9. The number of carbonyl (C=O) groups excluding carboxylic acids is 2. The Morgan fingerprint density at radius 3 is 2.71 bits per heavy atom. The van der Waals surface area contributed by atoms with Crippen molar-refractivity contribution in [2.45, 2.75) is 32.7 Å². The van der Waals surface area contributed by atoms with Crippen LogP contribution < -0.4 is 5.32 Å². The van der Waals surface area contributed by atoms with E-state index in [4.69, 9.17) is 0 Å². The number of rotatable bonds is 2. The number of piperidine rings is 1. The lowest BCUT2D eigenvalue weighted by Gasteiger charge is -2.27. The minimum atomic E-state index is -0.331. The summed E-state index contributed by atoms with van der Waals surface area (Å²) in [7, 11) is 1.52. The molecule has 0 radical (unpaired) electrons. The zero-order chi connectivity index (χ0) is 12.6. The average Bonchev–Trinajstić information content (AvgIpc) is 2.59. The number of thiazole rings is 1. The monoisotopic (exact) mass is 253 g/mol. The third-order valence-electron chi connectivity index (χ3n) is 2.98. The summed E-state index contributed by atoms with van der Waals surface area (Å²) in [5.74, 6) is -0.286. The van der Waals surface area contributed by atoms with Crippen LogP contribution in [0.2, 0.25) is 0 Å². The molecule has 1 saturated heterocycles. The van der Waals surface area contributed by atoms with Crippen molar-refractivity contribution >= 4 is 28.3 Å². The summed E-state index contributed by atoms with van der Waals surface area (Å²) in [6, 6.07) is -0.331. The van der Waals surface area contributed by atoms with Crippen molar-refractivity contribution < 1.29 is 9.59 Å². The van der Waals surface area contributed by atoms with Crippen LogP contribution in [-0.2, 0) is 9.59 Å². The van der Waals surface area contributed by atoms with Crippen molar-refractivity contribution in [2.24, 2.45) is 0 Å². The first kappa shape index (κ1) is 12.0. The molecule has 0 spiro atoms. The summed E-state index contributed by atoms with van der Waals surface area (Å²) >= 11 is 1.53. The minimum Gasteiger partial charge on any atom is -0.350 e. The van der Waals surface area contributed by atoms with Crippen LogP contribution >= 0.6 is 11.3 Å². The second kappa shape index (κ2) is 4.44. The highest BCUT2D eigenvalue weighted by atomic mass is 32.1. The molecule has 0 aromatic carbocycles. The van der Waals surface area contributed by atoms with Gasteiger partial charge in [0.15, 0.2) is 5.13 Å². The predicted octanol–water partition coefficient (Wildman–Crippen LogP) is 1.32. The summed E-state index contributed by atoms with van der Waals surface area (Å²) in [5, 5.41) is 3.86. The number of imide groups is 1. The Hall–Kier alpha value is -1.43. The average molecular weight is 253 g/mol. The molecule has 6 heteroatoms. The summed E-state index contributed by atoms with van der Waals surface area (Å²) in [4.78, 5) is 29.8. The third-order valence-corrected chi connectivity index (χ3v) is 3.98. The Balaban J connectivity index is 2.09. The number of hydrogen-bond acceptors (Lipinski definition) is 5. The maximum atomic E-state index is 11.9. The number of aromatic nitrogens is 1. The molecule has 1 fully saturated rings. The highest BCUT2D eigenvalue weighted by molar-refractivity contribution is 7.15. The summed E-state index contributed by atoms with van der Waals surface area (Å²) in [6.45, 7) is 3.94. The van der Waals surface area contributed by atoms with Gasteiger partial charge in [0.1, 0.15) is 6.04 Å². The topological polar surface area (TPSA) is 62.3 Å². The van der Waals surface area contributed by atoms with Gasteiger partial charge < -0.3 is 5.32 Å². The fourth-order valence-corrected chi connectivity index (χ4v) is 2.60. The second-order valence-corrected chi connectivity index (χ2v) is 5.39. The maximum Gasteiger partial charge on any atom is 0.251 e. The number of carbonyl (C=O) groups is 2. The molecule has 1 unspecified atom stereocenters. The molecule has 1 aromatic heterocycles. The van der Waals surface area contributed by atoms with Crippen LogP contribution in [0.5, 0.6) is 0 Å². The van der Waals surface area contributed by atoms with Gasteiger partial charge in [0, 0.05) is 18.3 Å². The molecular formula is C11H15N3O2S. The highest BCUT2D eigenvalue weighted by Crippen LogP contribution is 2.24. The molecule has 0 bridgehead atoms. The Labute approximate surface area is 104 Å². The summed E-state index contributed by atoms with van der Waals surface area (Å²) < 4.78 is 0. The molecule has 1 N–H and O–H groups in total. The summed E-state index contributed by atoms with van der Waals surface area (Å²) in [5.41, 5.74) is 0.977. The highest BCUT2D eigenvalue weighted by Gasteiger charge is 2.32. The number of nitrogens with zero attached hydrogens (tertiary/aromatic N) is 2. The van der Waals surface area contributed by atoms with Crippen LogP contribution in [0.25, 0.3) is 0 Å². The quantitative estimate of drug-likeness (QED) is 0.807. The normalized spacial score (nSPS) is 20.9. The van der Waals surface area contributed by atoms with Crippen molar-refractivity contribution in [2.75, 3.05) is 12.4 Å². The molecule has 17 heavy (non-hydrogen) atoms. The van der Waals surface area contributed by atoms with Gasteiger partial charge in [-0.25, -0.2) is 4.98 Å². The van der Waals surface area contributed by atoms with Gasteiger partial charge in [0.25, 0.3) is 5.91 Å². The molecule has 1 aromatic rings. The van der Waals surface area contributed by atoms with E-state index >= 15 is 0 Å². The molecule has 2 rings (SSSR count). The van der Waals surface area contributed by atoms with Crippen molar-refractivity contribution in [3.05, 3.63) is 10.6 Å². The molecule has 0 saturated carbocycles. The Kier molecular flexibility index (Phi) is 3.15. The van der Waals surface area contributed by atoms with Crippen LogP contribution in [0.3, 0.4) is 0 Å². The number of likely N-dealkylation sites (N-methyl/N-ethyl adjacent to an activating group) is 1. The molecule has 2 heterocycles. The molecule has 1 aliphatic rings. The largest absolute Gasteiger partial charge is 0.350 e. The number of anilines is 1. The number of likely N-dealkylation sites (tertiary alicyclic amines) is 1. The van der Waals surface area contributed by atoms with Crippen molar-refractivity contribution in [3.8, 4) is 0 Å². The summed E-state index contributed by atoms with van der Waals surface area (Å²) in [6.07, 6.45) is 0.947. The van der Waals surface area contributed by atoms with Crippen LogP contribution in [0.1, 0.15) is 23.4 Å². The molecule has 1 aliphatic heterocycles. The zero-order valence-electron chi connectivity index (χ0n) is 10.1. The Bertz CT molecular complexity index is 450. The first-order chi connectivity index (χ1) is 7.99. The lowest BCUT2D eigenvalue weighted by Crippen LogP contribution is -2.48. The van der Waals surface area contributed by atoms with Crippen LogP contribution in [0.15, 0.2) is 0 Å². The number of hydrogen-bond donors (Lipinski definition) is 1. The van der Waals surface area contributed by atoms with Gasteiger partial charge in [-0.2, -0.15) is 0 Å². The van der Waals surface area contributed by atoms with Crippen molar-refractivity contribution in [1.82, 2.24) is 9.88 Å². The van der Waals surface area contributed by atoms with E-state index in [1.54, 1.807) is 0 Å². The van der Waals surface area contributed by atoms with Crippen LogP contribution in [-0.4, -0.2) is 34.8 Å². The Morgan fingerprint density at radius 1 is 1.41 bits per heavy atom. The van der Waals surface area contributed by atoms with Gasteiger partial charge >= 0.3 is 0 Å². The van der Waals surface area contributed by atoms with E-state index in [9.17, 15) is 9.59 Å². The fourth-order valence-electron chi connectivity index (χ4n) is 1.73. The van der Waals surface area contributed by atoms with Crippen LogP contribution in [0.4, 0.5) is 5.13 Å². The van der Waals surface area contributed by atoms with Gasteiger partial charge in [-0.3, -0.25) is 14.5 Å². The predicted molar refractivity (Wildman–Crippen MR) is 66.0 cm³/mol. The Morgan fingerprint density at radius 2 is 2.12 bits per heavy atom. The fraction of sp³-hybridized carbons (Fsp3) is 0.545. The standard InChI is InChI=1S/C11H15N3O2S/c1-6-7(2)17-11(12-6)13-8-4-5-9(15)14(3)10(8)16/h8H,4-5H2,1-3H3,(H,12,13). The van der Waals surface area contributed by atoms with E-state index < -0.39 is 0 Å². The van der Waals surface area contributed by atoms with Crippen LogP contribution in [0, 0.1) is 13.8 Å². The molecule has 5 nitrogen and oxygen atoms in total.